The van der Waals surface area contributed by atoms with Crippen molar-refractivity contribution in [1.29, 1.82) is 0 Å². The lowest BCUT2D eigenvalue weighted by Gasteiger charge is -2.10. The Kier molecular flexibility index (Phi) is 5.87. The first-order valence-electron chi connectivity index (χ1n) is 13.1. The number of imidazole rings is 1. The molecule has 0 saturated heterocycles. The monoisotopic (exact) mass is 516 g/mol. The molecule has 0 aliphatic carbocycles. The number of hydrogen-bond donors (Lipinski definition) is 1. The minimum atomic E-state index is 0.169. The van der Waals surface area contributed by atoms with Crippen molar-refractivity contribution in [3.05, 3.63) is 140 Å². The number of phenols is 1. The highest BCUT2D eigenvalue weighted by molar-refractivity contribution is 5.94. The van der Waals surface area contributed by atoms with Crippen LogP contribution in [-0.2, 0) is 0 Å². The highest BCUT2D eigenvalue weighted by atomic mass is 16.3. The number of rotatable bonds is 5. The first kappa shape index (κ1) is 23.6. The van der Waals surface area contributed by atoms with Crippen LogP contribution in [-0.4, -0.2) is 24.6 Å². The van der Waals surface area contributed by atoms with Gasteiger partial charge in [-0.1, -0.05) is 78.9 Å². The zero-order valence-corrected chi connectivity index (χ0v) is 21.5. The van der Waals surface area contributed by atoms with Gasteiger partial charge in [-0.05, 0) is 65.2 Å². The van der Waals surface area contributed by atoms with Crippen molar-refractivity contribution in [2.24, 2.45) is 0 Å². The number of fused-ring (bicyclic) bond motifs is 1. The summed E-state index contributed by atoms with van der Waals surface area (Å²) in [7, 11) is 0. The first-order chi connectivity index (χ1) is 19.8. The molecule has 7 aromatic rings. The van der Waals surface area contributed by atoms with E-state index in [0.29, 0.717) is 11.4 Å². The maximum absolute atomic E-state index is 10.7. The largest absolute Gasteiger partial charge is 0.507 e. The van der Waals surface area contributed by atoms with Gasteiger partial charge in [-0.25, -0.2) is 9.97 Å². The summed E-state index contributed by atoms with van der Waals surface area (Å²) in [5.74, 6) is 0.801. The molecule has 0 fully saturated rings. The molecule has 1 N–H and O–H groups in total. The van der Waals surface area contributed by atoms with E-state index in [1.807, 2.05) is 102 Å². The Balaban J connectivity index is 1.40. The van der Waals surface area contributed by atoms with Crippen LogP contribution in [0.4, 0.5) is 0 Å². The number of nitrogens with zero attached hydrogens (tertiary/aromatic N) is 4. The van der Waals surface area contributed by atoms with E-state index in [1.165, 1.54) is 0 Å². The maximum atomic E-state index is 10.7. The van der Waals surface area contributed by atoms with Crippen molar-refractivity contribution in [2.75, 3.05) is 0 Å². The molecule has 40 heavy (non-hydrogen) atoms. The molecule has 5 nitrogen and oxygen atoms in total. The Hall–Kier alpha value is -5.55. The summed E-state index contributed by atoms with van der Waals surface area (Å²) in [5.41, 5.74) is 9.20. The second kappa shape index (κ2) is 9.97. The van der Waals surface area contributed by atoms with Gasteiger partial charge in [0.1, 0.15) is 11.3 Å². The molecule has 0 aliphatic heterocycles. The van der Waals surface area contributed by atoms with Crippen LogP contribution in [0.5, 0.6) is 5.75 Å². The second-order valence-corrected chi connectivity index (χ2v) is 9.53. The number of phenolic OH excluding ortho intramolecular Hbond substituents is 1. The molecule has 0 atom stereocenters. The highest BCUT2D eigenvalue weighted by Crippen LogP contribution is 2.37. The number of para-hydroxylation sites is 2. The van der Waals surface area contributed by atoms with Gasteiger partial charge in [-0.3, -0.25) is 9.55 Å². The van der Waals surface area contributed by atoms with Gasteiger partial charge < -0.3 is 5.11 Å². The lowest BCUT2D eigenvalue weighted by Crippen LogP contribution is -1.98. The van der Waals surface area contributed by atoms with E-state index in [0.717, 1.165) is 50.4 Å². The third kappa shape index (κ3) is 4.20. The predicted octanol–water partition coefficient (Wildman–Crippen LogP) is 8.19. The molecule has 3 aromatic heterocycles. The van der Waals surface area contributed by atoms with Crippen molar-refractivity contribution >= 4 is 11.2 Å². The quantitative estimate of drug-likeness (QED) is 0.250. The van der Waals surface area contributed by atoms with Crippen LogP contribution in [0.3, 0.4) is 0 Å². The molecule has 7 rings (SSSR count). The average Bonchev–Trinajstić information content (AvgIpc) is 3.42. The summed E-state index contributed by atoms with van der Waals surface area (Å²) in [6.45, 7) is 0. The van der Waals surface area contributed by atoms with Crippen molar-refractivity contribution in [3.8, 4) is 56.3 Å². The normalized spacial score (nSPS) is 11.1. The number of aromatic nitrogens is 4. The lowest BCUT2D eigenvalue weighted by atomic mass is 9.99. The molecule has 0 spiro atoms. The molecule has 0 saturated carbocycles. The van der Waals surface area contributed by atoms with Gasteiger partial charge in [0.2, 0.25) is 0 Å². The van der Waals surface area contributed by atoms with Gasteiger partial charge >= 0.3 is 0 Å². The van der Waals surface area contributed by atoms with Crippen molar-refractivity contribution in [1.82, 2.24) is 19.5 Å². The number of pyridine rings is 2. The van der Waals surface area contributed by atoms with Gasteiger partial charge in [-0.15, -0.1) is 0 Å². The fraction of sp³-hybridized carbons (Fsp3) is 0. The minimum absolute atomic E-state index is 0.169. The molecule has 0 aliphatic rings. The van der Waals surface area contributed by atoms with E-state index in [9.17, 15) is 5.11 Å². The van der Waals surface area contributed by atoms with E-state index in [-0.39, 0.29) is 5.75 Å². The maximum Gasteiger partial charge on any atom is 0.165 e. The van der Waals surface area contributed by atoms with Gasteiger partial charge in [-0.2, -0.15) is 0 Å². The summed E-state index contributed by atoms with van der Waals surface area (Å²) >= 11 is 0. The fourth-order valence-corrected chi connectivity index (χ4v) is 5.12. The van der Waals surface area contributed by atoms with Crippen molar-refractivity contribution < 1.29 is 5.11 Å². The van der Waals surface area contributed by atoms with Crippen LogP contribution in [0, 0.1) is 0 Å². The number of aromatic hydroxyl groups is 1. The third-order valence-electron chi connectivity index (χ3n) is 7.04. The highest BCUT2D eigenvalue weighted by Gasteiger charge is 2.20. The summed E-state index contributed by atoms with van der Waals surface area (Å²) in [6.07, 6.45) is 3.67. The van der Waals surface area contributed by atoms with Crippen molar-refractivity contribution in [2.45, 2.75) is 0 Å². The van der Waals surface area contributed by atoms with Gasteiger partial charge in [0.15, 0.2) is 11.5 Å². The smallest absolute Gasteiger partial charge is 0.165 e. The van der Waals surface area contributed by atoms with Crippen LogP contribution in [0.1, 0.15) is 0 Å². The first-order valence-corrected chi connectivity index (χ1v) is 13.1. The number of hydrogen-bond acceptors (Lipinski definition) is 4. The molecule has 0 bridgehead atoms. The molecule has 5 heteroatoms. The summed E-state index contributed by atoms with van der Waals surface area (Å²) in [5, 5.41) is 10.7. The van der Waals surface area contributed by atoms with Crippen LogP contribution >= 0.6 is 0 Å². The molecule has 0 amide bonds. The molecule has 3 heterocycles. The van der Waals surface area contributed by atoms with Crippen LogP contribution in [0.15, 0.2) is 140 Å². The minimum Gasteiger partial charge on any atom is -0.507 e. The Labute approximate surface area is 231 Å². The molecule has 190 valence electrons. The summed E-state index contributed by atoms with van der Waals surface area (Å²) in [6, 6.07) is 42.1. The number of benzene rings is 4. The molecule has 0 unspecified atom stereocenters. The molecular weight excluding hydrogens is 492 g/mol. The Morgan fingerprint density at radius 1 is 0.525 bits per heavy atom. The van der Waals surface area contributed by atoms with E-state index in [4.69, 9.17) is 9.97 Å². The van der Waals surface area contributed by atoms with Gasteiger partial charge in [0, 0.05) is 29.2 Å². The topological polar surface area (TPSA) is 63.8 Å². The Morgan fingerprint density at radius 3 is 2.05 bits per heavy atom. The zero-order valence-electron chi connectivity index (χ0n) is 21.5. The molecule has 4 aromatic carbocycles. The Bertz CT molecular complexity index is 1960. The van der Waals surface area contributed by atoms with E-state index < -0.39 is 0 Å². The van der Waals surface area contributed by atoms with Gasteiger partial charge in [0.25, 0.3) is 0 Å². The molecular formula is C35H24N4O. The van der Waals surface area contributed by atoms with E-state index in [1.54, 1.807) is 6.07 Å². The van der Waals surface area contributed by atoms with Crippen molar-refractivity contribution in [3.63, 3.8) is 0 Å². The van der Waals surface area contributed by atoms with Gasteiger partial charge in [0.05, 0.1) is 11.3 Å². The summed E-state index contributed by atoms with van der Waals surface area (Å²) < 4.78 is 2.00. The lowest BCUT2D eigenvalue weighted by molar-refractivity contribution is 0.477. The standard InChI is InChI=1S/C35H24N4O/c40-32-17-8-7-16-30(32)34-38-33-29(19-21-37-35(33)39(34)28-14-5-2-6-15-28)26-12-9-13-27(22-26)31-23-25(18-20-36-31)24-10-3-1-4-11-24/h1-23,40H. The Morgan fingerprint density at radius 2 is 1.23 bits per heavy atom. The van der Waals surface area contributed by atoms with Crippen LogP contribution in [0.2, 0.25) is 0 Å². The third-order valence-corrected chi connectivity index (χ3v) is 7.04. The van der Waals surface area contributed by atoms with Crippen LogP contribution < -0.4 is 0 Å². The predicted molar refractivity (Wildman–Crippen MR) is 160 cm³/mol. The van der Waals surface area contributed by atoms with E-state index >= 15 is 0 Å². The summed E-state index contributed by atoms with van der Waals surface area (Å²) in [4.78, 5) is 14.5. The second-order valence-electron chi connectivity index (χ2n) is 9.53. The van der Waals surface area contributed by atoms with Crippen LogP contribution in [0.25, 0.3) is 61.8 Å². The van der Waals surface area contributed by atoms with E-state index in [2.05, 4.69) is 41.4 Å². The SMILES string of the molecule is Oc1ccccc1-c1nc2c(-c3cccc(-c4cc(-c5ccccc5)ccn4)c3)ccnc2n1-c1ccccc1. The average molecular weight is 517 g/mol. The molecule has 0 radical (unpaired) electrons. The fourth-order valence-electron chi connectivity index (χ4n) is 5.12. The zero-order chi connectivity index (χ0) is 26.9.